The van der Waals surface area contributed by atoms with E-state index < -0.39 is 26.9 Å². The molecule has 0 spiro atoms. The molecule has 3 rings (SSSR count). The number of hydrogen-bond donors (Lipinski definition) is 1. The zero-order valence-corrected chi connectivity index (χ0v) is 15.7. The second-order valence-electron chi connectivity index (χ2n) is 7.12. The van der Waals surface area contributed by atoms with Crippen molar-refractivity contribution >= 4 is 26.7 Å². The van der Waals surface area contributed by atoms with Gasteiger partial charge in [-0.1, -0.05) is 0 Å². The van der Waals surface area contributed by atoms with Crippen molar-refractivity contribution in [2.45, 2.75) is 32.7 Å². The average molecular weight is 379 g/mol. The molecule has 0 unspecified atom stereocenters. The standard InChI is InChI=1S/C18H21NO6S/c1-11-6-13(17-12(2)8-16(21)25-14(17)7-11)24-9-15(20)19-18(3)4-5-26(22,23)10-18/h6-8H,4-5,9-10H2,1-3H3,(H,19,20)/t18-/m1/s1. The zero-order valence-electron chi connectivity index (χ0n) is 14.9. The third-order valence-electron chi connectivity index (χ3n) is 4.45. The number of carbonyl (C=O) groups is 1. The number of carbonyl (C=O) groups excluding carboxylic acids is 1. The van der Waals surface area contributed by atoms with Crippen LogP contribution in [-0.4, -0.2) is 38.0 Å². The van der Waals surface area contributed by atoms with E-state index in [9.17, 15) is 18.0 Å². The molecule has 1 saturated heterocycles. The molecule has 1 aromatic heterocycles. The number of sulfone groups is 1. The highest BCUT2D eigenvalue weighted by Gasteiger charge is 2.39. The molecule has 2 heterocycles. The van der Waals surface area contributed by atoms with E-state index in [1.165, 1.54) is 6.07 Å². The predicted molar refractivity (Wildman–Crippen MR) is 97.3 cm³/mol. The molecule has 0 radical (unpaired) electrons. The fourth-order valence-electron chi connectivity index (χ4n) is 3.32. The minimum absolute atomic E-state index is 0.0661. The summed E-state index contributed by atoms with van der Waals surface area (Å²) in [5.41, 5.74) is 0.714. The van der Waals surface area contributed by atoms with Gasteiger partial charge in [-0.3, -0.25) is 4.79 Å². The monoisotopic (exact) mass is 379 g/mol. The molecule has 1 aromatic carbocycles. The highest BCUT2D eigenvalue weighted by Crippen LogP contribution is 2.29. The first-order chi connectivity index (χ1) is 12.1. The molecule has 0 aliphatic carbocycles. The van der Waals surface area contributed by atoms with E-state index in [4.69, 9.17) is 9.15 Å². The minimum Gasteiger partial charge on any atom is -0.483 e. The SMILES string of the molecule is Cc1cc(OCC(=O)N[C@]2(C)CCS(=O)(=O)C2)c2c(C)cc(=O)oc2c1. The van der Waals surface area contributed by atoms with Crippen molar-refractivity contribution in [1.82, 2.24) is 5.32 Å². The van der Waals surface area contributed by atoms with Gasteiger partial charge in [-0.25, -0.2) is 13.2 Å². The summed E-state index contributed by atoms with van der Waals surface area (Å²) in [5, 5.41) is 3.39. The highest BCUT2D eigenvalue weighted by molar-refractivity contribution is 7.91. The minimum atomic E-state index is -3.11. The summed E-state index contributed by atoms with van der Waals surface area (Å²) >= 11 is 0. The first-order valence-electron chi connectivity index (χ1n) is 8.26. The number of rotatable bonds is 4. The molecule has 0 bridgehead atoms. The van der Waals surface area contributed by atoms with Crippen LogP contribution in [0.2, 0.25) is 0 Å². The van der Waals surface area contributed by atoms with Crippen LogP contribution in [0.3, 0.4) is 0 Å². The average Bonchev–Trinajstić information content (AvgIpc) is 2.76. The fraction of sp³-hybridized carbons (Fsp3) is 0.444. The summed E-state index contributed by atoms with van der Waals surface area (Å²) in [6.07, 6.45) is 0.388. The van der Waals surface area contributed by atoms with E-state index in [2.05, 4.69) is 5.32 Å². The second-order valence-corrected chi connectivity index (χ2v) is 9.31. The lowest BCUT2D eigenvalue weighted by Crippen LogP contribution is -2.48. The first kappa shape index (κ1) is 18.4. The Balaban J connectivity index is 1.78. The molecule has 1 aliphatic rings. The summed E-state index contributed by atoms with van der Waals surface area (Å²) in [6, 6.07) is 4.88. The number of fused-ring (bicyclic) bond motifs is 1. The van der Waals surface area contributed by atoms with Gasteiger partial charge >= 0.3 is 5.63 Å². The highest BCUT2D eigenvalue weighted by atomic mass is 32.2. The van der Waals surface area contributed by atoms with Gasteiger partial charge in [0.2, 0.25) is 0 Å². The summed E-state index contributed by atoms with van der Waals surface area (Å²) < 4.78 is 34.2. The van der Waals surface area contributed by atoms with Crippen LogP contribution in [0.25, 0.3) is 11.0 Å². The van der Waals surface area contributed by atoms with Crippen LogP contribution in [0.1, 0.15) is 24.5 Å². The van der Waals surface area contributed by atoms with Crippen LogP contribution in [0.15, 0.2) is 27.4 Å². The maximum Gasteiger partial charge on any atom is 0.336 e. The molecule has 26 heavy (non-hydrogen) atoms. The molecule has 1 N–H and O–H groups in total. The van der Waals surface area contributed by atoms with Gasteiger partial charge in [-0.15, -0.1) is 0 Å². The third kappa shape index (κ3) is 3.90. The Labute approximate surface area is 151 Å². The van der Waals surface area contributed by atoms with Gasteiger partial charge in [-0.05, 0) is 50.5 Å². The number of ether oxygens (including phenoxy) is 1. The largest absolute Gasteiger partial charge is 0.483 e. The van der Waals surface area contributed by atoms with Crippen LogP contribution in [0.5, 0.6) is 5.75 Å². The maximum atomic E-state index is 12.2. The Morgan fingerprint density at radius 3 is 2.69 bits per heavy atom. The van der Waals surface area contributed by atoms with Crippen molar-refractivity contribution in [2.24, 2.45) is 0 Å². The number of hydrogen-bond acceptors (Lipinski definition) is 6. The van der Waals surface area contributed by atoms with Gasteiger partial charge in [0.05, 0.1) is 22.4 Å². The van der Waals surface area contributed by atoms with E-state index in [1.807, 2.05) is 6.92 Å². The van der Waals surface area contributed by atoms with Crippen molar-refractivity contribution < 1.29 is 22.4 Å². The summed E-state index contributed by atoms with van der Waals surface area (Å²) in [6.45, 7) is 5.06. The Morgan fingerprint density at radius 1 is 1.31 bits per heavy atom. The number of nitrogens with one attached hydrogen (secondary N) is 1. The van der Waals surface area contributed by atoms with Crippen LogP contribution >= 0.6 is 0 Å². The molecule has 8 heteroatoms. The van der Waals surface area contributed by atoms with Gasteiger partial charge < -0.3 is 14.5 Å². The zero-order chi connectivity index (χ0) is 19.1. The lowest BCUT2D eigenvalue weighted by molar-refractivity contribution is -0.124. The lowest BCUT2D eigenvalue weighted by Gasteiger charge is -2.24. The first-order valence-corrected chi connectivity index (χ1v) is 10.1. The van der Waals surface area contributed by atoms with Crippen LogP contribution in [0.4, 0.5) is 0 Å². The summed E-state index contributed by atoms with van der Waals surface area (Å²) in [5.74, 6) is 0.0595. The molecule has 7 nitrogen and oxygen atoms in total. The molecule has 0 saturated carbocycles. The second kappa shape index (κ2) is 6.42. The van der Waals surface area contributed by atoms with Gasteiger partial charge in [0.15, 0.2) is 16.4 Å². The Hall–Kier alpha value is -2.35. The topological polar surface area (TPSA) is 103 Å². The van der Waals surface area contributed by atoms with E-state index in [1.54, 1.807) is 26.0 Å². The van der Waals surface area contributed by atoms with Gasteiger partial charge in [0.25, 0.3) is 5.91 Å². The van der Waals surface area contributed by atoms with E-state index >= 15 is 0 Å². The Kier molecular flexibility index (Phi) is 4.56. The molecule has 140 valence electrons. The number of benzene rings is 1. The molecule has 1 aliphatic heterocycles. The quantitative estimate of drug-likeness (QED) is 0.807. The Morgan fingerprint density at radius 2 is 2.04 bits per heavy atom. The smallest absolute Gasteiger partial charge is 0.336 e. The number of aryl methyl sites for hydroxylation is 2. The molecule has 1 amide bonds. The fourth-order valence-corrected chi connectivity index (χ4v) is 5.41. The van der Waals surface area contributed by atoms with E-state index in [0.29, 0.717) is 28.7 Å². The van der Waals surface area contributed by atoms with Crippen LogP contribution in [-0.2, 0) is 14.6 Å². The van der Waals surface area contributed by atoms with Crippen molar-refractivity contribution in [3.8, 4) is 5.75 Å². The molecular formula is C18H21NO6S. The molecule has 2 aromatic rings. The molecular weight excluding hydrogens is 358 g/mol. The molecule has 1 fully saturated rings. The normalized spacial score (nSPS) is 21.7. The number of amides is 1. The lowest BCUT2D eigenvalue weighted by atomic mass is 10.0. The molecule has 1 atom stereocenters. The predicted octanol–water partition coefficient (Wildman–Crippen LogP) is 1.48. The maximum absolute atomic E-state index is 12.2. The van der Waals surface area contributed by atoms with E-state index in [-0.39, 0.29) is 18.1 Å². The van der Waals surface area contributed by atoms with Gasteiger partial charge in [0, 0.05) is 6.07 Å². The van der Waals surface area contributed by atoms with Gasteiger partial charge in [-0.2, -0.15) is 0 Å². The van der Waals surface area contributed by atoms with Crippen molar-refractivity contribution in [2.75, 3.05) is 18.1 Å². The van der Waals surface area contributed by atoms with Crippen molar-refractivity contribution in [3.05, 3.63) is 39.7 Å². The van der Waals surface area contributed by atoms with E-state index in [0.717, 1.165) is 5.56 Å². The Bertz CT molecular complexity index is 1040. The summed E-state index contributed by atoms with van der Waals surface area (Å²) in [4.78, 5) is 23.8. The third-order valence-corrected chi connectivity index (χ3v) is 6.36. The van der Waals surface area contributed by atoms with Crippen molar-refractivity contribution in [3.63, 3.8) is 0 Å². The summed E-state index contributed by atoms with van der Waals surface area (Å²) in [7, 11) is -3.11. The van der Waals surface area contributed by atoms with Crippen LogP contribution < -0.4 is 15.7 Å². The van der Waals surface area contributed by atoms with Gasteiger partial charge in [0.1, 0.15) is 11.3 Å². The van der Waals surface area contributed by atoms with Crippen molar-refractivity contribution in [1.29, 1.82) is 0 Å². The van der Waals surface area contributed by atoms with Crippen LogP contribution in [0, 0.1) is 13.8 Å².